The van der Waals surface area contributed by atoms with Gasteiger partial charge in [-0.15, -0.1) is 0 Å². The first-order valence-corrected chi connectivity index (χ1v) is 10.3. The molecule has 7 nitrogen and oxygen atoms in total. The number of hydrogen-bond acceptors (Lipinski definition) is 5. The van der Waals surface area contributed by atoms with E-state index in [9.17, 15) is 9.59 Å². The fraction of sp³-hybridized carbons (Fsp3) is 0.391. The van der Waals surface area contributed by atoms with Gasteiger partial charge in [-0.3, -0.25) is 14.5 Å². The predicted octanol–water partition coefficient (Wildman–Crippen LogP) is 3.39. The van der Waals surface area contributed by atoms with Crippen molar-refractivity contribution in [3.8, 4) is 5.75 Å². The number of ether oxygens (including phenoxy) is 2. The van der Waals surface area contributed by atoms with Gasteiger partial charge < -0.3 is 20.1 Å². The fourth-order valence-corrected chi connectivity index (χ4v) is 3.36. The Morgan fingerprint density at radius 3 is 2.37 bits per heavy atom. The van der Waals surface area contributed by atoms with E-state index in [2.05, 4.69) is 10.6 Å². The van der Waals surface area contributed by atoms with E-state index in [1.54, 1.807) is 36.4 Å². The smallest absolute Gasteiger partial charge is 0.255 e. The maximum atomic E-state index is 12.4. The summed E-state index contributed by atoms with van der Waals surface area (Å²) in [6, 6.07) is 14.1. The van der Waals surface area contributed by atoms with Gasteiger partial charge in [0, 0.05) is 30.1 Å². The summed E-state index contributed by atoms with van der Waals surface area (Å²) in [7, 11) is 1.91. The van der Waals surface area contributed by atoms with E-state index in [-0.39, 0.29) is 17.9 Å². The molecule has 0 aliphatic carbocycles. The Labute approximate surface area is 177 Å². The van der Waals surface area contributed by atoms with Crippen LogP contribution in [-0.2, 0) is 9.53 Å². The molecule has 3 rings (SSSR count). The molecule has 0 saturated carbocycles. The Kier molecular flexibility index (Phi) is 7.82. The van der Waals surface area contributed by atoms with Crippen LogP contribution in [0, 0.1) is 0 Å². The SMILES string of the molecule is CCOc1ccc(NC(=O)c2ccc(NC(=O)CN(C)CC3CCCO3)cc2)cc1. The van der Waals surface area contributed by atoms with E-state index in [0.717, 1.165) is 31.7 Å². The average Bonchev–Trinajstić information content (AvgIpc) is 3.23. The maximum absolute atomic E-state index is 12.4. The van der Waals surface area contributed by atoms with E-state index < -0.39 is 0 Å². The molecule has 2 aromatic rings. The zero-order valence-electron chi connectivity index (χ0n) is 17.5. The minimum Gasteiger partial charge on any atom is -0.494 e. The van der Waals surface area contributed by atoms with Crippen molar-refractivity contribution in [1.29, 1.82) is 0 Å². The molecular formula is C23H29N3O4. The second kappa shape index (κ2) is 10.8. The Morgan fingerprint density at radius 2 is 1.73 bits per heavy atom. The highest BCUT2D eigenvalue weighted by Crippen LogP contribution is 2.17. The third-order valence-electron chi connectivity index (χ3n) is 4.81. The molecule has 2 N–H and O–H groups in total. The van der Waals surface area contributed by atoms with E-state index in [0.29, 0.717) is 30.1 Å². The van der Waals surface area contributed by atoms with Crippen LogP contribution in [0.1, 0.15) is 30.1 Å². The average molecular weight is 412 g/mol. The third kappa shape index (κ3) is 6.57. The van der Waals surface area contributed by atoms with Gasteiger partial charge in [-0.25, -0.2) is 0 Å². The molecule has 160 valence electrons. The van der Waals surface area contributed by atoms with Crippen LogP contribution < -0.4 is 15.4 Å². The standard InChI is InChI=1S/C23H29N3O4/c1-3-29-20-12-10-19(11-13-20)25-23(28)17-6-8-18(9-7-17)24-22(27)16-26(2)15-21-5-4-14-30-21/h6-13,21H,3-5,14-16H2,1-2H3,(H,24,27)(H,25,28). The normalized spacial score (nSPS) is 15.8. The minimum absolute atomic E-state index is 0.0953. The minimum atomic E-state index is -0.215. The van der Waals surface area contributed by atoms with Crippen molar-refractivity contribution in [2.45, 2.75) is 25.9 Å². The molecule has 1 fully saturated rings. The van der Waals surface area contributed by atoms with Crippen LogP contribution in [0.25, 0.3) is 0 Å². The largest absolute Gasteiger partial charge is 0.494 e. The molecule has 1 aliphatic heterocycles. The fourth-order valence-electron chi connectivity index (χ4n) is 3.36. The number of benzene rings is 2. The van der Waals surface area contributed by atoms with Crippen molar-refractivity contribution in [2.75, 3.05) is 44.0 Å². The molecule has 0 bridgehead atoms. The number of nitrogens with zero attached hydrogens (tertiary/aromatic N) is 1. The summed E-state index contributed by atoms with van der Waals surface area (Å²) >= 11 is 0. The summed E-state index contributed by atoms with van der Waals surface area (Å²) in [6.07, 6.45) is 2.35. The lowest BCUT2D eigenvalue weighted by Crippen LogP contribution is -2.35. The van der Waals surface area contributed by atoms with Crippen LogP contribution in [0.2, 0.25) is 0 Å². The molecule has 30 heavy (non-hydrogen) atoms. The van der Waals surface area contributed by atoms with Gasteiger partial charge in [-0.2, -0.15) is 0 Å². The number of carbonyl (C=O) groups is 2. The molecule has 1 heterocycles. The lowest BCUT2D eigenvalue weighted by molar-refractivity contribution is -0.117. The Balaban J connectivity index is 1.47. The third-order valence-corrected chi connectivity index (χ3v) is 4.81. The van der Waals surface area contributed by atoms with Crippen LogP contribution in [0.15, 0.2) is 48.5 Å². The van der Waals surface area contributed by atoms with Crippen molar-refractivity contribution in [3.63, 3.8) is 0 Å². The molecule has 1 saturated heterocycles. The Bertz CT molecular complexity index is 831. The van der Waals surface area contributed by atoms with Gasteiger partial charge in [0.15, 0.2) is 0 Å². The maximum Gasteiger partial charge on any atom is 0.255 e. The van der Waals surface area contributed by atoms with E-state index >= 15 is 0 Å². The van der Waals surface area contributed by atoms with Crippen LogP contribution >= 0.6 is 0 Å². The predicted molar refractivity (Wildman–Crippen MR) is 117 cm³/mol. The molecule has 1 aliphatic rings. The zero-order chi connectivity index (χ0) is 21.3. The monoisotopic (exact) mass is 411 g/mol. The highest BCUT2D eigenvalue weighted by molar-refractivity contribution is 6.04. The first kappa shape index (κ1) is 21.8. The van der Waals surface area contributed by atoms with Crippen LogP contribution in [0.4, 0.5) is 11.4 Å². The summed E-state index contributed by atoms with van der Waals surface area (Å²) in [5.74, 6) is 0.451. The van der Waals surface area contributed by atoms with Gasteiger partial charge in [0.2, 0.25) is 5.91 Å². The molecule has 2 aromatic carbocycles. The van der Waals surface area contributed by atoms with Gasteiger partial charge in [0.05, 0.1) is 19.3 Å². The van der Waals surface area contributed by atoms with Gasteiger partial charge in [0.1, 0.15) is 5.75 Å². The molecule has 0 spiro atoms. The summed E-state index contributed by atoms with van der Waals surface area (Å²) in [5, 5.41) is 5.71. The number of amides is 2. The summed E-state index contributed by atoms with van der Waals surface area (Å²) in [6.45, 7) is 4.37. The van der Waals surface area contributed by atoms with E-state index in [1.807, 2.05) is 31.0 Å². The topological polar surface area (TPSA) is 79.9 Å². The molecule has 0 radical (unpaired) electrons. The highest BCUT2D eigenvalue weighted by Gasteiger charge is 2.18. The Hall–Kier alpha value is -2.90. The van der Waals surface area contributed by atoms with Gasteiger partial charge in [-0.1, -0.05) is 0 Å². The quantitative estimate of drug-likeness (QED) is 0.661. The van der Waals surface area contributed by atoms with Gasteiger partial charge in [0.25, 0.3) is 5.91 Å². The number of anilines is 2. The molecule has 0 aromatic heterocycles. The molecule has 7 heteroatoms. The number of carbonyl (C=O) groups excluding carboxylic acids is 2. The van der Waals surface area contributed by atoms with Gasteiger partial charge in [-0.05, 0) is 75.3 Å². The zero-order valence-corrected chi connectivity index (χ0v) is 17.5. The van der Waals surface area contributed by atoms with E-state index in [1.165, 1.54) is 0 Å². The van der Waals surface area contributed by atoms with Crippen LogP contribution in [-0.4, -0.2) is 56.2 Å². The number of hydrogen-bond donors (Lipinski definition) is 2. The van der Waals surface area contributed by atoms with Crippen molar-refractivity contribution in [3.05, 3.63) is 54.1 Å². The second-order valence-corrected chi connectivity index (χ2v) is 7.37. The molecule has 1 atom stereocenters. The lowest BCUT2D eigenvalue weighted by atomic mass is 10.2. The number of likely N-dealkylation sites (N-methyl/N-ethyl adjacent to an activating group) is 1. The first-order chi connectivity index (χ1) is 14.5. The summed E-state index contributed by atoms with van der Waals surface area (Å²) in [5.41, 5.74) is 1.86. The van der Waals surface area contributed by atoms with E-state index in [4.69, 9.17) is 9.47 Å². The molecule has 1 unspecified atom stereocenters. The number of nitrogens with one attached hydrogen (secondary N) is 2. The van der Waals surface area contributed by atoms with Crippen molar-refractivity contribution in [2.24, 2.45) is 0 Å². The molecular weight excluding hydrogens is 382 g/mol. The number of rotatable bonds is 9. The summed E-state index contributed by atoms with van der Waals surface area (Å²) in [4.78, 5) is 26.6. The van der Waals surface area contributed by atoms with Crippen LogP contribution in [0.3, 0.4) is 0 Å². The summed E-state index contributed by atoms with van der Waals surface area (Å²) < 4.78 is 11.0. The van der Waals surface area contributed by atoms with Crippen LogP contribution in [0.5, 0.6) is 5.75 Å². The highest BCUT2D eigenvalue weighted by atomic mass is 16.5. The van der Waals surface area contributed by atoms with Crippen molar-refractivity contribution in [1.82, 2.24) is 4.90 Å². The first-order valence-electron chi connectivity index (χ1n) is 10.3. The Morgan fingerprint density at radius 1 is 1.07 bits per heavy atom. The second-order valence-electron chi connectivity index (χ2n) is 7.37. The lowest BCUT2D eigenvalue weighted by Gasteiger charge is -2.19. The van der Waals surface area contributed by atoms with Crippen molar-refractivity contribution >= 4 is 23.2 Å². The molecule has 2 amide bonds. The van der Waals surface area contributed by atoms with Gasteiger partial charge >= 0.3 is 0 Å². The van der Waals surface area contributed by atoms with Crippen molar-refractivity contribution < 1.29 is 19.1 Å².